The number of hydrogen-bond donors (Lipinski definition) is 2. The minimum atomic E-state index is -3.61. The van der Waals surface area contributed by atoms with E-state index in [0.717, 1.165) is 18.5 Å². The largest absolute Gasteiger partial charge is 0.494 e. The molecule has 0 spiro atoms. The van der Waals surface area contributed by atoms with Gasteiger partial charge in [-0.05, 0) is 68.9 Å². The second-order valence-corrected chi connectivity index (χ2v) is 8.39. The second-order valence-electron chi connectivity index (χ2n) is 6.63. The fourth-order valence-electron chi connectivity index (χ4n) is 2.51. The summed E-state index contributed by atoms with van der Waals surface area (Å²) in [5.74, 6) is -0.353. The minimum absolute atomic E-state index is 0.175. The van der Waals surface area contributed by atoms with Gasteiger partial charge in [-0.15, -0.1) is 0 Å². The van der Waals surface area contributed by atoms with Crippen molar-refractivity contribution in [3.05, 3.63) is 59.7 Å². The van der Waals surface area contributed by atoms with E-state index in [-0.39, 0.29) is 17.0 Å². The zero-order valence-electron chi connectivity index (χ0n) is 16.1. The first-order valence-electron chi connectivity index (χ1n) is 8.97. The molecule has 28 heavy (non-hydrogen) atoms. The summed E-state index contributed by atoms with van der Waals surface area (Å²) in [6, 6.07) is 12.7. The van der Waals surface area contributed by atoms with Crippen molar-refractivity contribution in [3.8, 4) is 5.75 Å². The lowest BCUT2D eigenvalue weighted by Gasteiger charge is -2.11. The molecule has 2 aromatic rings. The summed E-state index contributed by atoms with van der Waals surface area (Å²) in [6.07, 6.45) is 1.36. The van der Waals surface area contributed by atoms with Crippen LogP contribution < -0.4 is 9.46 Å². The molecule has 152 valence electrons. The van der Waals surface area contributed by atoms with Crippen molar-refractivity contribution in [2.45, 2.75) is 17.7 Å². The van der Waals surface area contributed by atoms with Crippen LogP contribution in [0.1, 0.15) is 22.3 Å². The number of benzene rings is 2. The number of nitrogens with one attached hydrogen (secondary N) is 1. The maximum absolute atomic E-state index is 12.4. The molecule has 2 N–H and O–H groups in total. The Kier molecular flexibility index (Phi) is 7.98. The van der Waals surface area contributed by atoms with Gasteiger partial charge in [0.25, 0.3) is 0 Å². The highest BCUT2D eigenvalue weighted by atomic mass is 32.2. The molecule has 0 radical (unpaired) electrons. The van der Waals surface area contributed by atoms with E-state index in [1.165, 1.54) is 24.3 Å². The summed E-state index contributed by atoms with van der Waals surface area (Å²) in [6.45, 7) is 1.72. The molecule has 0 heterocycles. The van der Waals surface area contributed by atoms with Gasteiger partial charge in [-0.25, -0.2) is 17.9 Å². The van der Waals surface area contributed by atoms with Crippen LogP contribution in [0.2, 0.25) is 0 Å². The smallest absolute Gasteiger partial charge is 0.335 e. The molecule has 0 saturated heterocycles. The van der Waals surface area contributed by atoms with E-state index in [9.17, 15) is 13.2 Å². The Morgan fingerprint density at radius 2 is 1.71 bits per heavy atom. The number of carboxylic acid groups (broad SMARTS) is 1. The van der Waals surface area contributed by atoms with Gasteiger partial charge in [0.2, 0.25) is 10.0 Å². The van der Waals surface area contributed by atoms with Crippen molar-refractivity contribution in [1.29, 1.82) is 0 Å². The number of carboxylic acids is 1. The molecule has 8 heteroatoms. The first-order valence-corrected chi connectivity index (χ1v) is 10.5. The summed E-state index contributed by atoms with van der Waals surface area (Å²) >= 11 is 0. The van der Waals surface area contributed by atoms with E-state index in [4.69, 9.17) is 9.84 Å². The van der Waals surface area contributed by atoms with Crippen LogP contribution in [0.25, 0.3) is 0 Å². The Balaban J connectivity index is 1.83. The first kappa shape index (κ1) is 21.9. The molecule has 0 atom stereocenters. The molecule has 0 aliphatic carbocycles. The normalized spacial score (nSPS) is 11.5. The van der Waals surface area contributed by atoms with E-state index in [1.807, 2.05) is 14.1 Å². The Morgan fingerprint density at radius 1 is 1.07 bits per heavy atom. The van der Waals surface area contributed by atoms with Gasteiger partial charge in [-0.1, -0.05) is 12.1 Å². The molecule has 0 saturated carbocycles. The molecule has 0 aromatic heterocycles. The van der Waals surface area contributed by atoms with Gasteiger partial charge < -0.3 is 14.7 Å². The number of carbonyl (C=O) groups is 1. The Morgan fingerprint density at radius 3 is 2.29 bits per heavy atom. The predicted octanol–water partition coefficient (Wildman–Crippen LogP) is 2.24. The van der Waals surface area contributed by atoms with Crippen molar-refractivity contribution in [1.82, 2.24) is 9.62 Å². The summed E-state index contributed by atoms with van der Waals surface area (Å²) in [5, 5.41) is 8.88. The van der Waals surface area contributed by atoms with Gasteiger partial charge in [0.05, 0.1) is 17.1 Å². The van der Waals surface area contributed by atoms with Crippen LogP contribution in [0.5, 0.6) is 5.75 Å². The average molecular weight is 407 g/mol. The fourth-order valence-corrected chi connectivity index (χ4v) is 3.54. The number of ether oxygens (including phenoxy) is 1. The van der Waals surface area contributed by atoms with Gasteiger partial charge in [0.1, 0.15) is 5.75 Å². The first-order chi connectivity index (χ1) is 13.3. The maximum Gasteiger partial charge on any atom is 0.335 e. The lowest BCUT2D eigenvalue weighted by molar-refractivity contribution is 0.0697. The molecular weight excluding hydrogens is 380 g/mol. The van der Waals surface area contributed by atoms with Crippen molar-refractivity contribution >= 4 is 16.0 Å². The molecule has 7 nitrogen and oxygen atoms in total. The zero-order valence-corrected chi connectivity index (χ0v) is 16.9. The van der Waals surface area contributed by atoms with E-state index in [0.29, 0.717) is 18.8 Å². The third-order valence-corrected chi connectivity index (χ3v) is 5.54. The van der Waals surface area contributed by atoms with Crippen LogP contribution in [0.15, 0.2) is 53.4 Å². The van der Waals surface area contributed by atoms with Crippen molar-refractivity contribution in [2.24, 2.45) is 0 Å². The Bertz CT molecular complexity index is 862. The molecule has 0 bridgehead atoms. The fraction of sp³-hybridized carbons (Fsp3) is 0.350. The monoisotopic (exact) mass is 406 g/mol. The zero-order chi connectivity index (χ0) is 20.6. The number of aromatic carboxylic acids is 1. The maximum atomic E-state index is 12.4. The van der Waals surface area contributed by atoms with Gasteiger partial charge in [0.15, 0.2) is 0 Å². The molecular formula is C20H26N2O5S. The predicted molar refractivity (Wildman–Crippen MR) is 107 cm³/mol. The van der Waals surface area contributed by atoms with Crippen LogP contribution in [-0.4, -0.2) is 58.2 Å². The number of sulfonamides is 1. The van der Waals surface area contributed by atoms with Gasteiger partial charge in [-0.2, -0.15) is 0 Å². The molecule has 2 aromatic carbocycles. The molecule has 0 fully saturated rings. The topological polar surface area (TPSA) is 95.9 Å². The van der Waals surface area contributed by atoms with E-state index >= 15 is 0 Å². The van der Waals surface area contributed by atoms with Crippen LogP contribution in [0, 0.1) is 0 Å². The van der Waals surface area contributed by atoms with E-state index in [2.05, 4.69) is 9.62 Å². The van der Waals surface area contributed by atoms with Gasteiger partial charge in [-0.3, -0.25) is 0 Å². The Labute approximate surface area is 166 Å². The molecule has 2 rings (SSSR count). The lowest BCUT2D eigenvalue weighted by Crippen LogP contribution is -2.26. The molecule has 0 aliphatic heterocycles. The third kappa shape index (κ3) is 6.95. The van der Waals surface area contributed by atoms with Crippen molar-refractivity contribution in [2.75, 3.05) is 33.8 Å². The standard InChI is InChI=1S/C20H26N2O5S/c1-22(2)14-3-15-27-18-8-10-19(11-9-18)28(25,26)21-13-12-16-4-6-17(7-5-16)20(23)24/h4-11,21H,3,12-15H2,1-2H3,(H,23,24). The second kappa shape index (κ2) is 10.2. The van der Waals surface area contributed by atoms with Crippen LogP contribution in [-0.2, 0) is 16.4 Å². The third-order valence-electron chi connectivity index (χ3n) is 4.06. The average Bonchev–Trinajstić information content (AvgIpc) is 2.66. The highest BCUT2D eigenvalue weighted by Crippen LogP contribution is 2.16. The van der Waals surface area contributed by atoms with E-state index in [1.54, 1.807) is 24.3 Å². The summed E-state index contributed by atoms with van der Waals surface area (Å²) in [5.41, 5.74) is 1.06. The molecule has 0 aliphatic rings. The summed E-state index contributed by atoms with van der Waals surface area (Å²) in [4.78, 5) is 13.1. The van der Waals surface area contributed by atoms with Gasteiger partial charge >= 0.3 is 5.97 Å². The SMILES string of the molecule is CN(C)CCCOc1ccc(S(=O)(=O)NCCc2ccc(C(=O)O)cc2)cc1. The summed E-state index contributed by atoms with van der Waals surface area (Å²) < 4.78 is 32.9. The Hall–Kier alpha value is -2.42. The van der Waals surface area contributed by atoms with Crippen LogP contribution >= 0.6 is 0 Å². The molecule has 0 amide bonds. The quantitative estimate of drug-likeness (QED) is 0.556. The molecule has 0 unspecified atom stereocenters. The van der Waals surface area contributed by atoms with E-state index < -0.39 is 16.0 Å². The van der Waals surface area contributed by atoms with Crippen molar-refractivity contribution < 1.29 is 23.1 Å². The number of nitrogens with zero attached hydrogens (tertiary/aromatic N) is 1. The highest BCUT2D eigenvalue weighted by Gasteiger charge is 2.13. The van der Waals surface area contributed by atoms with Gasteiger partial charge in [0, 0.05) is 13.1 Å². The van der Waals surface area contributed by atoms with Crippen molar-refractivity contribution in [3.63, 3.8) is 0 Å². The minimum Gasteiger partial charge on any atom is -0.494 e. The summed E-state index contributed by atoms with van der Waals surface area (Å²) in [7, 11) is 0.384. The highest BCUT2D eigenvalue weighted by molar-refractivity contribution is 7.89. The van der Waals surface area contributed by atoms with Crippen LogP contribution in [0.4, 0.5) is 0 Å². The lowest BCUT2D eigenvalue weighted by atomic mass is 10.1. The number of rotatable bonds is 11. The number of hydrogen-bond acceptors (Lipinski definition) is 5. The van der Waals surface area contributed by atoms with Crippen LogP contribution in [0.3, 0.4) is 0 Å².